The van der Waals surface area contributed by atoms with Crippen molar-refractivity contribution in [1.29, 1.82) is 0 Å². The van der Waals surface area contributed by atoms with Gasteiger partial charge in [0.15, 0.2) is 10.9 Å². The van der Waals surface area contributed by atoms with Gasteiger partial charge in [-0.05, 0) is 23.9 Å². The van der Waals surface area contributed by atoms with Crippen molar-refractivity contribution in [2.75, 3.05) is 17.2 Å². The van der Waals surface area contributed by atoms with Crippen molar-refractivity contribution in [3.8, 4) is 0 Å². The average molecular weight is 469 g/mol. The summed E-state index contributed by atoms with van der Waals surface area (Å²) >= 11 is 2.48. The molecule has 0 radical (unpaired) electrons. The van der Waals surface area contributed by atoms with Crippen molar-refractivity contribution >= 4 is 50.7 Å². The van der Waals surface area contributed by atoms with Crippen LogP contribution in [0.2, 0.25) is 0 Å². The van der Waals surface area contributed by atoms with E-state index >= 15 is 0 Å². The van der Waals surface area contributed by atoms with Gasteiger partial charge in [0.05, 0.1) is 17.7 Å². The number of thioether (sulfide) groups is 1. The minimum atomic E-state index is -0.695. The number of fused-ring (bicyclic) bond motifs is 1. The first-order valence-electron chi connectivity index (χ1n) is 9.74. The SMILES string of the molecule is CCn1c(=O)c(C(=O)CSc2nc(N)c3ccsc3n2)c(N)n(Cc2ccccc2)c1=O. The van der Waals surface area contributed by atoms with Crippen LogP contribution in [0, 0.1) is 0 Å². The molecule has 9 nitrogen and oxygen atoms in total. The number of benzene rings is 1. The number of Topliss-reactive ketones (excluding diaryl/α,β-unsaturated/α-hetero) is 1. The van der Waals surface area contributed by atoms with E-state index in [-0.39, 0.29) is 30.2 Å². The molecule has 0 aliphatic carbocycles. The summed E-state index contributed by atoms with van der Waals surface area (Å²) in [6, 6.07) is 11.0. The Bertz CT molecular complexity index is 1430. The molecule has 4 aromatic rings. The summed E-state index contributed by atoms with van der Waals surface area (Å²) in [4.78, 5) is 48.1. The molecule has 0 aliphatic rings. The molecule has 0 atom stereocenters. The van der Waals surface area contributed by atoms with Gasteiger partial charge in [0, 0.05) is 6.54 Å². The standard InChI is InChI=1S/C21H20N6O3S2/c1-2-26-19(29)15(17(23)27(21(26)30)10-12-6-4-3-5-7-12)14(28)11-32-20-24-16(22)13-8-9-31-18(13)25-20/h3-9H,2,10-11,23H2,1H3,(H2,22,24,25). The molecular formula is C21H20N6O3S2. The van der Waals surface area contributed by atoms with Crippen LogP contribution in [0.3, 0.4) is 0 Å². The Labute approximate surface area is 190 Å². The summed E-state index contributed by atoms with van der Waals surface area (Å²) in [5.41, 5.74) is 11.5. The monoisotopic (exact) mass is 468 g/mol. The zero-order chi connectivity index (χ0) is 22.8. The topological polar surface area (TPSA) is 139 Å². The number of anilines is 2. The molecule has 3 heterocycles. The van der Waals surface area contributed by atoms with Gasteiger partial charge in [0.25, 0.3) is 5.56 Å². The van der Waals surface area contributed by atoms with Crippen molar-refractivity contribution in [3.63, 3.8) is 0 Å². The lowest BCUT2D eigenvalue weighted by Gasteiger charge is -2.15. The summed E-state index contributed by atoms with van der Waals surface area (Å²) in [6.07, 6.45) is 0. The number of hydrogen-bond donors (Lipinski definition) is 2. The number of hydrogen-bond acceptors (Lipinski definition) is 9. The van der Waals surface area contributed by atoms with Crippen LogP contribution < -0.4 is 22.7 Å². The van der Waals surface area contributed by atoms with Gasteiger partial charge in [-0.3, -0.25) is 18.7 Å². The van der Waals surface area contributed by atoms with E-state index in [1.54, 1.807) is 6.92 Å². The van der Waals surface area contributed by atoms with E-state index in [2.05, 4.69) is 9.97 Å². The van der Waals surface area contributed by atoms with Crippen LogP contribution in [0.4, 0.5) is 11.6 Å². The minimum Gasteiger partial charge on any atom is -0.384 e. The Kier molecular flexibility index (Phi) is 6.10. The van der Waals surface area contributed by atoms with Gasteiger partial charge >= 0.3 is 5.69 Å². The third kappa shape index (κ3) is 4.04. The molecule has 0 fully saturated rings. The average Bonchev–Trinajstić information content (AvgIpc) is 3.26. The summed E-state index contributed by atoms with van der Waals surface area (Å²) < 4.78 is 2.27. The third-order valence-electron chi connectivity index (χ3n) is 4.91. The Morgan fingerprint density at radius 2 is 1.84 bits per heavy atom. The summed E-state index contributed by atoms with van der Waals surface area (Å²) in [5.74, 6) is -0.443. The van der Waals surface area contributed by atoms with Crippen LogP contribution in [0.25, 0.3) is 10.2 Å². The number of nitrogen functional groups attached to an aromatic ring is 2. The molecule has 164 valence electrons. The molecule has 4 N–H and O–H groups in total. The number of aromatic nitrogens is 4. The molecule has 4 rings (SSSR count). The molecule has 0 spiro atoms. The van der Waals surface area contributed by atoms with E-state index in [0.717, 1.165) is 32.1 Å². The Hall–Kier alpha value is -3.44. The maximum absolute atomic E-state index is 13.0. The minimum absolute atomic E-state index is 0.120. The van der Waals surface area contributed by atoms with E-state index in [4.69, 9.17) is 11.5 Å². The molecule has 0 unspecified atom stereocenters. The molecular weight excluding hydrogens is 448 g/mol. The number of carbonyl (C=O) groups is 1. The molecule has 0 saturated heterocycles. The first-order chi connectivity index (χ1) is 15.4. The van der Waals surface area contributed by atoms with Crippen molar-refractivity contribution in [2.45, 2.75) is 25.2 Å². The highest BCUT2D eigenvalue weighted by Gasteiger charge is 2.23. The Morgan fingerprint density at radius 1 is 1.09 bits per heavy atom. The van der Waals surface area contributed by atoms with Gasteiger partial charge in [-0.15, -0.1) is 11.3 Å². The number of ketones is 1. The zero-order valence-corrected chi connectivity index (χ0v) is 18.8. The second-order valence-electron chi connectivity index (χ2n) is 6.91. The fourth-order valence-corrected chi connectivity index (χ4v) is 4.85. The van der Waals surface area contributed by atoms with Gasteiger partial charge in [0.1, 0.15) is 22.0 Å². The van der Waals surface area contributed by atoms with Gasteiger partial charge in [-0.1, -0.05) is 42.1 Å². The van der Waals surface area contributed by atoms with Crippen LogP contribution in [-0.2, 0) is 13.1 Å². The molecule has 32 heavy (non-hydrogen) atoms. The molecule has 3 aromatic heterocycles. The van der Waals surface area contributed by atoms with Crippen LogP contribution in [0.5, 0.6) is 0 Å². The van der Waals surface area contributed by atoms with Crippen molar-refractivity contribution in [1.82, 2.24) is 19.1 Å². The predicted octanol–water partition coefficient (Wildman–Crippen LogP) is 2.22. The second-order valence-corrected chi connectivity index (χ2v) is 8.74. The van der Waals surface area contributed by atoms with E-state index in [0.29, 0.717) is 11.0 Å². The number of nitrogens with zero attached hydrogens (tertiary/aromatic N) is 4. The Balaban J connectivity index is 1.68. The summed E-state index contributed by atoms with van der Waals surface area (Å²) in [5, 5.41) is 2.95. The molecule has 0 saturated carbocycles. The molecule has 11 heteroatoms. The van der Waals surface area contributed by atoms with E-state index in [1.165, 1.54) is 15.9 Å². The maximum atomic E-state index is 13.0. The number of carbonyl (C=O) groups excluding carboxylic acids is 1. The smallest absolute Gasteiger partial charge is 0.332 e. The number of thiophene rings is 1. The largest absolute Gasteiger partial charge is 0.384 e. The first kappa shape index (κ1) is 21.8. The number of nitrogens with two attached hydrogens (primary N) is 2. The van der Waals surface area contributed by atoms with Gasteiger partial charge < -0.3 is 11.5 Å². The van der Waals surface area contributed by atoms with Crippen molar-refractivity contribution in [2.24, 2.45) is 0 Å². The van der Waals surface area contributed by atoms with Crippen LogP contribution in [-0.4, -0.2) is 30.6 Å². The van der Waals surface area contributed by atoms with Crippen LogP contribution >= 0.6 is 23.1 Å². The molecule has 0 aliphatic heterocycles. The first-order valence-corrected chi connectivity index (χ1v) is 11.6. The lowest BCUT2D eigenvalue weighted by atomic mass is 10.2. The lowest BCUT2D eigenvalue weighted by molar-refractivity contribution is 0.102. The normalized spacial score (nSPS) is 11.2. The van der Waals surface area contributed by atoms with E-state index < -0.39 is 17.0 Å². The third-order valence-corrected chi connectivity index (χ3v) is 6.57. The van der Waals surface area contributed by atoms with Gasteiger partial charge in [-0.25, -0.2) is 14.8 Å². The van der Waals surface area contributed by atoms with E-state index in [1.807, 2.05) is 41.8 Å². The second kappa shape index (κ2) is 8.97. The molecule has 0 bridgehead atoms. The molecule has 1 aromatic carbocycles. The highest BCUT2D eigenvalue weighted by Crippen LogP contribution is 2.26. The number of rotatable bonds is 7. The molecule has 0 amide bonds. The van der Waals surface area contributed by atoms with Crippen LogP contribution in [0.1, 0.15) is 22.8 Å². The quantitative estimate of drug-likeness (QED) is 0.239. The van der Waals surface area contributed by atoms with E-state index in [9.17, 15) is 14.4 Å². The fraction of sp³-hybridized carbons (Fsp3) is 0.190. The van der Waals surface area contributed by atoms with Crippen molar-refractivity contribution < 1.29 is 4.79 Å². The van der Waals surface area contributed by atoms with Crippen LogP contribution in [0.15, 0.2) is 56.5 Å². The fourth-order valence-electron chi connectivity index (χ4n) is 3.30. The predicted molar refractivity (Wildman–Crippen MR) is 127 cm³/mol. The lowest BCUT2D eigenvalue weighted by Crippen LogP contribution is -2.44. The van der Waals surface area contributed by atoms with Crippen molar-refractivity contribution in [3.05, 3.63) is 73.7 Å². The summed E-state index contributed by atoms with van der Waals surface area (Å²) in [6.45, 7) is 1.93. The maximum Gasteiger partial charge on any atom is 0.332 e. The highest BCUT2D eigenvalue weighted by molar-refractivity contribution is 7.99. The van der Waals surface area contributed by atoms with Gasteiger partial charge in [-0.2, -0.15) is 0 Å². The summed E-state index contributed by atoms with van der Waals surface area (Å²) in [7, 11) is 0. The zero-order valence-electron chi connectivity index (χ0n) is 17.1. The highest BCUT2D eigenvalue weighted by atomic mass is 32.2. The van der Waals surface area contributed by atoms with Gasteiger partial charge in [0.2, 0.25) is 0 Å². The Morgan fingerprint density at radius 3 is 2.56 bits per heavy atom.